The van der Waals surface area contributed by atoms with Gasteiger partial charge in [-0.2, -0.15) is 0 Å². The summed E-state index contributed by atoms with van der Waals surface area (Å²) >= 11 is 0. The van der Waals surface area contributed by atoms with E-state index in [9.17, 15) is 4.79 Å². The fraction of sp³-hybridized carbons (Fsp3) is 0.923. The predicted octanol–water partition coefficient (Wildman–Crippen LogP) is 2.80. The molecule has 0 atom stereocenters. The van der Waals surface area contributed by atoms with Gasteiger partial charge in [0.05, 0.1) is 26.1 Å². The molecule has 0 aromatic rings. The Morgan fingerprint density at radius 1 is 1.06 bits per heavy atom. The molecule has 0 heterocycles. The molecule has 0 rings (SSSR count). The number of rotatable bonds is 3. The first-order valence-electron chi connectivity index (χ1n) is 5.84. The van der Waals surface area contributed by atoms with E-state index in [1.807, 2.05) is 20.8 Å². The van der Waals surface area contributed by atoms with Crippen molar-refractivity contribution in [1.29, 1.82) is 0 Å². The van der Waals surface area contributed by atoms with E-state index in [1.54, 1.807) is 0 Å². The van der Waals surface area contributed by atoms with Crippen molar-refractivity contribution in [3.63, 3.8) is 0 Å². The molecule has 16 heavy (non-hydrogen) atoms. The highest BCUT2D eigenvalue weighted by molar-refractivity contribution is 5.69. The predicted molar refractivity (Wildman–Crippen MR) is 66.9 cm³/mol. The normalized spacial score (nSPS) is 13.8. The standard InChI is InChI=1S/C13H28NO2/c1-12(2,3)9-11(15)16-10-14(7,8)13(4,5)6/h9-10H2,1-8H3/q+1. The van der Waals surface area contributed by atoms with Crippen molar-refractivity contribution in [3.8, 4) is 0 Å². The van der Waals surface area contributed by atoms with Crippen LogP contribution < -0.4 is 0 Å². The SMILES string of the molecule is CC(C)(C)CC(=O)OC[N+](C)(C)C(C)(C)C. The van der Waals surface area contributed by atoms with E-state index < -0.39 is 0 Å². The van der Waals surface area contributed by atoms with E-state index in [2.05, 4.69) is 34.9 Å². The molecule has 0 aromatic carbocycles. The van der Waals surface area contributed by atoms with Gasteiger partial charge in [0.15, 0.2) is 0 Å². The molecule has 0 unspecified atom stereocenters. The Labute approximate surface area is 100 Å². The zero-order valence-corrected chi connectivity index (χ0v) is 12.2. The second kappa shape index (κ2) is 4.74. The fourth-order valence-electron chi connectivity index (χ4n) is 0.911. The molecule has 0 aliphatic rings. The Hall–Kier alpha value is -0.570. The molecule has 0 fully saturated rings. The lowest BCUT2D eigenvalue weighted by molar-refractivity contribution is -0.950. The van der Waals surface area contributed by atoms with Gasteiger partial charge >= 0.3 is 5.97 Å². The summed E-state index contributed by atoms with van der Waals surface area (Å²) in [6.07, 6.45) is 0.469. The van der Waals surface area contributed by atoms with Crippen molar-refractivity contribution in [2.45, 2.75) is 53.5 Å². The van der Waals surface area contributed by atoms with Crippen molar-refractivity contribution in [3.05, 3.63) is 0 Å². The third kappa shape index (κ3) is 5.50. The highest BCUT2D eigenvalue weighted by Crippen LogP contribution is 2.21. The van der Waals surface area contributed by atoms with Gasteiger partial charge in [0.1, 0.15) is 0 Å². The minimum absolute atomic E-state index is 0.00401. The molecule has 0 saturated heterocycles. The number of nitrogens with zero attached hydrogens (tertiary/aromatic N) is 1. The Bertz CT molecular complexity index is 244. The second-order valence-corrected chi connectivity index (χ2v) is 7.24. The maximum atomic E-state index is 11.6. The molecule has 3 heteroatoms. The van der Waals surface area contributed by atoms with Crippen molar-refractivity contribution in [1.82, 2.24) is 0 Å². The molecular formula is C13H28NO2+. The van der Waals surface area contributed by atoms with Gasteiger partial charge in [0.25, 0.3) is 0 Å². The van der Waals surface area contributed by atoms with Crippen molar-refractivity contribution >= 4 is 5.97 Å². The Morgan fingerprint density at radius 2 is 1.50 bits per heavy atom. The van der Waals surface area contributed by atoms with Gasteiger partial charge in [-0.25, -0.2) is 0 Å². The molecule has 0 N–H and O–H groups in total. The summed E-state index contributed by atoms with van der Waals surface area (Å²) in [5.74, 6) is -0.108. The molecule has 0 radical (unpaired) electrons. The summed E-state index contributed by atoms with van der Waals surface area (Å²) in [6, 6.07) is 0. The summed E-state index contributed by atoms with van der Waals surface area (Å²) in [5, 5.41) is 0. The lowest BCUT2D eigenvalue weighted by Gasteiger charge is -2.41. The van der Waals surface area contributed by atoms with Crippen molar-refractivity contribution in [2.75, 3.05) is 20.8 Å². The molecule has 0 aliphatic heterocycles. The highest BCUT2D eigenvalue weighted by Gasteiger charge is 2.33. The summed E-state index contributed by atoms with van der Waals surface area (Å²) < 4.78 is 6.01. The summed E-state index contributed by atoms with van der Waals surface area (Å²) in [7, 11) is 4.15. The fourth-order valence-corrected chi connectivity index (χ4v) is 0.911. The van der Waals surface area contributed by atoms with E-state index in [-0.39, 0.29) is 16.9 Å². The third-order valence-electron chi connectivity index (χ3n) is 3.04. The largest absolute Gasteiger partial charge is 0.415 e. The number of carbonyl (C=O) groups excluding carboxylic acids is 1. The topological polar surface area (TPSA) is 26.3 Å². The van der Waals surface area contributed by atoms with Crippen LogP contribution in [0.25, 0.3) is 0 Å². The molecule has 0 amide bonds. The molecule has 0 saturated carbocycles. The van der Waals surface area contributed by atoms with E-state index >= 15 is 0 Å². The second-order valence-electron chi connectivity index (χ2n) is 7.24. The van der Waals surface area contributed by atoms with Crippen LogP contribution in [0.2, 0.25) is 0 Å². The Morgan fingerprint density at radius 3 is 1.81 bits per heavy atom. The Balaban J connectivity index is 4.22. The van der Waals surface area contributed by atoms with Crippen LogP contribution in [0.5, 0.6) is 0 Å². The Kier molecular flexibility index (Phi) is 4.57. The molecule has 96 valence electrons. The van der Waals surface area contributed by atoms with E-state index in [4.69, 9.17) is 4.74 Å². The van der Waals surface area contributed by atoms with Gasteiger partial charge in [-0.1, -0.05) is 20.8 Å². The number of esters is 1. The smallest absolute Gasteiger partial charge is 0.310 e. The average Bonchev–Trinajstić information content (AvgIpc) is 1.95. The van der Waals surface area contributed by atoms with E-state index in [1.165, 1.54) is 0 Å². The first-order chi connectivity index (χ1) is 6.85. The molecule has 0 aromatic heterocycles. The van der Waals surface area contributed by atoms with E-state index in [0.29, 0.717) is 17.6 Å². The number of hydrogen-bond donors (Lipinski definition) is 0. The number of ether oxygens (including phenoxy) is 1. The van der Waals surface area contributed by atoms with Gasteiger partial charge < -0.3 is 4.74 Å². The van der Waals surface area contributed by atoms with E-state index in [0.717, 1.165) is 0 Å². The minimum Gasteiger partial charge on any atom is -0.415 e. The van der Waals surface area contributed by atoms with Gasteiger partial charge in [0.2, 0.25) is 6.73 Å². The zero-order valence-electron chi connectivity index (χ0n) is 12.2. The maximum absolute atomic E-state index is 11.6. The summed E-state index contributed by atoms with van der Waals surface area (Å²) in [5.41, 5.74) is 0.0674. The molecule has 0 aliphatic carbocycles. The third-order valence-corrected chi connectivity index (χ3v) is 3.04. The van der Waals surface area contributed by atoms with Crippen LogP contribution in [-0.2, 0) is 9.53 Å². The van der Waals surface area contributed by atoms with Crippen molar-refractivity contribution < 1.29 is 14.0 Å². The lowest BCUT2D eigenvalue weighted by Crippen LogP contribution is -2.55. The highest BCUT2D eigenvalue weighted by atomic mass is 16.5. The molecule has 0 spiro atoms. The minimum atomic E-state index is -0.108. The summed E-state index contributed by atoms with van der Waals surface area (Å²) in [4.78, 5) is 11.6. The quantitative estimate of drug-likeness (QED) is 0.423. The van der Waals surface area contributed by atoms with Gasteiger partial charge in [-0.05, 0) is 26.2 Å². The maximum Gasteiger partial charge on any atom is 0.310 e. The van der Waals surface area contributed by atoms with Crippen LogP contribution in [0.4, 0.5) is 0 Å². The zero-order chi connectivity index (χ0) is 13.2. The van der Waals surface area contributed by atoms with Gasteiger partial charge in [-0.15, -0.1) is 0 Å². The van der Waals surface area contributed by atoms with Crippen LogP contribution in [0.15, 0.2) is 0 Å². The monoisotopic (exact) mass is 230 g/mol. The van der Waals surface area contributed by atoms with Crippen LogP contribution in [0.3, 0.4) is 0 Å². The van der Waals surface area contributed by atoms with Crippen LogP contribution in [-0.4, -0.2) is 36.8 Å². The number of quaternary nitrogens is 1. The first kappa shape index (κ1) is 15.4. The molecule has 0 bridgehead atoms. The van der Waals surface area contributed by atoms with Crippen LogP contribution in [0, 0.1) is 5.41 Å². The number of carbonyl (C=O) groups is 1. The lowest BCUT2D eigenvalue weighted by atomic mass is 9.92. The summed E-state index contributed by atoms with van der Waals surface area (Å²) in [6.45, 7) is 13.0. The molecule has 3 nitrogen and oxygen atoms in total. The van der Waals surface area contributed by atoms with Crippen molar-refractivity contribution in [2.24, 2.45) is 5.41 Å². The van der Waals surface area contributed by atoms with Gasteiger partial charge in [-0.3, -0.25) is 9.28 Å². The van der Waals surface area contributed by atoms with Crippen LogP contribution in [0.1, 0.15) is 48.0 Å². The average molecular weight is 230 g/mol. The van der Waals surface area contributed by atoms with Crippen LogP contribution >= 0.6 is 0 Å². The first-order valence-corrected chi connectivity index (χ1v) is 5.84. The van der Waals surface area contributed by atoms with Gasteiger partial charge in [0, 0.05) is 0 Å². The number of hydrogen-bond acceptors (Lipinski definition) is 2. The molecular weight excluding hydrogens is 202 g/mol.